The predicted molar refractivity (Wildman–Crippen MR) is 53.2 cm³/mol. The standard InChI is InChI=1S/C10H20N2O/c1-2-8(5-6-11)9-4-3-7-12-10(9)13/h8-9H,2-7,11H2,1H3,(H,12,13). The number of carbonyl (C=O) groups excluding carboxylic acids is 1. The van der Waals surface area contributed by atoms with Crippen LogP contribution >= 0.6 is 0 Å². The van der Waals surface area contributed by atoms with E-state index in [-0.39, 0.29) is 11.8 Å². The van der Waals surface area contributed by atoms with Gasteiger partial charge in [0.05, 0.1) is 0 Å². The smallest absolute Gasteiger partial charge is 0.223 e. The van der Waals surface area contributed by atoms with Crippen molar-refractivity contribution in [3.05, 3.63) is 0 Å². The van der Waals surface area contributed by atoms with Crippen LogP contribution in [-0.4, -0.2) is 19.0 Å². The van der Waals surface area contributed by atoms with Crippen LogP contribution in [-0.2, 0) is 4.79 Å². The maximum Gasteiger partial charge on any atom is 0.223 e. The highest BCUT2D eigenvalue weighted by molar-refractivity contribution is 5.79. The lowest BCUT2D eigenvalue weighted by atomic mass is 9.82. The van der Waals surface area contributed by atoms with Crippen LogP contribution in [0, 0.1) is 11.8 Å². The first kappa shape index (κ1) is 10.5. The van der Waals surface area contributed by atoms with Crippen LogP contribution in [0.2, 0.25) is 0 Å². The second-order valence-corrected chi connectivity index (χ2v) is 3.79. The van der Waals surface area contributed by atoms with Crippen LogP contribution in [0.25, 0.3) is 0 Å². The molecule has 3 N–H and O–H groups in total. The molecule has 1 aliphatic rings. The third-order valence-electron chi connectivity index (χ3n) is 2.96. The summed E-state index contributed by atoms with van der Waals surface area (Å²) >= 11 is 0. The molecule has 13 heavy (non-hydrogen) atoms. The average Bonchev–Trinajstić information content (AvgIpc) is 2.16. The molecule has 1 fully saturated rings. The first-order chi connectivity index (χ1) is 6.29. The Morgan fingerprint density at radius 2 is 2.46 bits per heavy atom. The number of rotatable bonds is 4. The van der Waals surface area contributed by atoms with Crippen molar-refractivity contribution in [2.24, 2.45) is 17.6 Å². The molecule has 0 aromatic rings. The third kappa shape index (κ3) is 2.69. The lowest BCUT2D eigenvalue weighted by molar-refractivity contribution is -0.128. The van der Waals surface area contributed by atoms with Gasteiger partial charge in [-0.15, -0.1) is 0 Å². The SMILES string of the molecule is CCC(CCN)C1CCCNC1=O. The average molecular weight is 184 g/mol. The normalized spacial score (nSPS) is 25.4. The molecule has 1 rings (SSSR count). The summed E-state index contributed by atoms with van der Waals surface area (Å²) in [5.74, 6) is 0.958. The Labute approximate surface area is 80.1 Å². The van der Waals surface area contributed by atoms with E-state index in [1.165, 1.54) is 0 Å². The Hall–Kier alpha value is -0.570. The molecule has 0 spiro atoms. The number of amides is 1. The summed E-state index contributed by atoms with van der Waals surface area (Å²) in [5.41, 5.74) is 5.53. The molecule has 0 aromatic carbocycles. The molecule has 0 radical (unpaired) electrons. The molecular formula is C10H20N2O. The first-order valence-corrected chi connectivity index (χ1v) is 5.27. The fourth-order valence-electron chi connectivity index (χ4n) is 2.15. The van der Waals surface area contributed by atoms with Crippen molar-refractivity contribution < 1.29 is 4.79 Å². The fraction of sp³-hybridized carbons (Fsp3) is 0.900. The molecule has 1 aliphatic heterocycles. The second kappa shape index (κ2) is 5.22. The quantitative estimate of drug-likeness (QED) is 0.681. The van der Waals surface area contributed by atoms with Crippen LogP contribution in [0.4, 0.5) is 0 Å². The number of piperidine rings is 1. The minimum Gasteiger partial charge on any atom is -0.356 e. The molecule has 3 heteroatoms. The largest absolute Gasteiger partial charge is 0.356 e. The number of nitrogens with two attached hydrogens (primary N) is 1. The van der Waals surface area contributed by atoms with Crippen LogP contribution in [0.3, 0.4) is 0 Å². The van der Waals surface area contributed by atoms with Gasteiger partial charge in [-0.3, -0.25) is 4.79 Å². The minimum absolute atomic E-state index is 0.224. The van der Waals surface area contributed by atoms with Gasteiger partial charge in [0.2, 0.25) is 5.91 Å². The van der Waals surface area contributed by atoms with Gasteiger partial charge >= 0.3 is 0 Å². The summed E-state index contributed by atoms with van der Waals surface area (Å²) in [6.07, 6.45) is 4.21. The highest BCUT2D eigenvalue weighted by atomic mass is 16.1. The molecule has 0 aromatic heterocycles. The minimum atomic E-state index is 0.224. The van der Waals surface area contributed by atoms with Crippen molar-refractivity contribution in [2.45, 2.75) is 32.6 Å². The Balaban J connectivity index is 2.49. The Kier molecular flexibility index (Phi) is 4.22. The van der Waals surface area contributed by atoms with Crippen molar-refractivity contribution in [2.75, 3.05) is 13.1 Å². The Bertz CT molecular complexity index is 170. The van der Waals surface area contributed by atoms with Crippen LogP contribution < -0.4 is 11.1 Å². The monoisotopic (exact) mass is 184 g/mol. The molecule has 1 saturated heterocycles. The molecule has 2 atom stereocenters. The zero-order valence-corrected chi connectivity index (χ0v) is 8.38. The lowest BCUT2D eigenvalue weighted by Gasteiger charge is -2.28. The van der Waals surface area contributed by atoms with Gasteiger partial charge in [-0.1, -0.05) is 13.3 Å². The highest BCUT2D eigenvalue weighted by Gasteiger charge is 2.28. The molecule has 76 valence electrons. The van der Waals surface area contributed by atoms with Gasteiger partial charge in [0, 0.05) is 12.5 Å². The van der Waals surface area contributed by atoms with Gasteiger partial charge in [-0.05, 0) is 31.7 Å². The maximum absolute atomic E-state index is 11.5. The van der Waals surface area contributed by atoms with E-state index in [2.05, 4.69) is 12.2 Å². The number of hydrogen-bond donors (Lipinski definition) is 2. The van der Waals surface area contributed by atoms with Crippen LogP contribution in [0.1, 0.15) is 32.6 Å². The van der Waals surface area contributed by atoms with Gasteiger partial charge < -0.3 is 11.1 Å². The zero-order valence-electron chi connectivity index (χ0n) is 8.38. The van der Waals surface area contributed by atoms with Gasteiger partial charge in [0.25, 0.3) is 0 Å². The number of nitrogens with one attached hydrogen (secondary N) is 1. The summed E-state index contributed by atoms with van der Waals surface area (Å²) in [5, 5.41) is 2.93. The predicted octanol–water partition coefficient (Wildman–Crippen LogP) is 0.888. The van der Waals surface area contributed by atoms with Crippen molar-refractivity contribution >= 4 is 5.91 Å². The maximum atomic E-state index is 11.5. The van der Waals surface area contributed by atoms with Gasteiger partial charge in [0.15, 0.2) is 0 Å². The van der Waals surface area contributed by atoms with Crippen molar-refractivity contribution in [3.8, 4) is 0 Å². The second-order valence-electron chi connectivity index (χ2n) is 3.79. The number of hydrogen-bond acceptors (Lipinski definition) is 2. The van der Waals surface area contributed by atoms with Crippen LogP contribution in [0.5, 0.6) is 0 Å². The van der Waals surface area contributed by atoms with Crippen molar-refractivity contribution in [1.82, 2.24) is 5.32 Å². The first-order valence-electron chi connectivity index (χ1n) is 5.27. The van der Waals surface area contributed by atoms with E-state index in [9.17, 15) is 4.79 Å². The Morgan fingerprint density at radius 1 is 1.69 bits per heavy atom. The third-order valence-corrected chi connectivity index (χ3v) is 2.96. The van der Waals surface area contributed by atoms with E-state index in [1.807, 2.05) is 0 Å². The molecule has 0 bridgehead atoms. The van der Waals surface area contributed by atoms with Crippen LogP contribution in [0.15, 0.2) is 0 Å². The van der Waals surface area contributed by atoms with Crippen molar-refractivity contribution in [1.29, 1.82) is 0 Å². The van der Waals surface area contributed by atoms with E-state index in [0.29, 0.717) is 12.5 Å². The molecule has 3 nitrogen and oxygen atoms in total. The molecule has 1 amide bonds. The lowest BCUT2D eigenvalue weighted by Crippen LogP contribution is -2.40. The van der Waals surface area contributed by atoms with Gasteiger partial charge in [-0.2, -0.15) is 0 Å². The highest BCUT2D eigenvalue weighted by Crippen LogP contribution is 2.25. The van der Waals surface area contributed by atoms with E-state index in [0.717, 1.165) is 32.2 Å². The molecule has 2 unspecified atom stereocenters. The summed E-state index contributed by atoms with van der Waals surface area (Å²) < 4.78 is 0. The van der Waals surface area contributed by atoms with E-state index in [1.54, 1.807) is 0 Å². The summed E-state index contributed by atoms with van der Waals surface area (Å²) in [6.45, 7) is 3.69. The summed E-state index contributed by atoms with van der Waals surface area (Å²) in [6, 6.07) is 0. The molecular weight excluding hydrogens is 164 g/mol. The molecule has 0 aliphatic carbocycles. The van der Waals surface area contributed by atoms with E-state index < -0.39 is 0 Å². The van der Waals surface area contributed by atoms with Gasteiger partial charge in [0.1, 0.15) is 0 Å². The molecule has 1 heterocycles. The Morgan fingerprint density at radius 3 is 3.00 bits per heavy atom. The summed E-state index contributed by atoms with van der Waals surface area (Å²) in [7, 11) is 0. The fourth-order valence-corrected chi connectivity index (χ4v) is 2.15. The van der Waals surface area contributed by atoms with Gasteiger partial charge in [-0.25, -0.2) is 0 Å². The summed E-state index contributed by atoms with van der Waals surface area (Å²) in [4.78, 5) is 11.5. The number of carbonyl (C=O) groups is 1. The zero-order chi connectivity index (χ0) is 9.68. The van der Waals surface area contributed by atoms with Crippen molar-refractivity contribution in [3.63, 3.8) is 0 Å². The molecule has 0 saturated carbocycles. The van der Waals surface area contributed by atoms with E-state index >= 15 is 0 Å². The van der Waals surface area contributed by atoms with E-state index in [4.69, 9.17) is 5.73 Å². The topological polar surface area (TPSA) is 55.1 Å².